The second-order valence-corrected chi connectivity index (χ2v) is 5.98. The van der Waals surface area contributed by atoms with Gasteiger partial charge >= 0.3 is 12.0 Å². The number of amides is 3. The van der Waals surface area contributed by atoms with Crippen LogP contribution in [0.4, 0.5) is 4.79 Å². The highest BCUT2D eigenvalue weighted by Gasteiger charge is 2.51. The van der Waals surface area contributed by atoms with Crippen LogP contribution in [0, 0.1) is 0 Å². The maximum absolute atomic E-state index is 12.5. The number of rotatable bonds is 4. The molecule has 2 rings (SSSR count). The molecule has 6 heteroatoms. The Hall–Kier alpha value is -1.85. The summed E-state index contributed by atoms with van der Waals surface area (Å²) < 4.78 is 5.13. The Morgan fingerprint density at radius 1 is 1.38 bits per heavy atom. The van der Waals surface area contributed by atoms with Crippen LogP contribution in [0.2, 0.25) is 0 Å². The van der Waals surface area contributed by atoms with Crippen molar-refractivity contribution in [3.8, 4) is 0 Å². The lowest BCUT2D eigenvalue weighted by molar-refractivity contribution is -0.146. The van der Waals surface area contributed by atoms with E-state index in [1.807, 2.05) is 0 Å². The lowest BCUT2D eigenvalue weighted by Gasteiger charge is -2.30. The molecule has 1 aliphatic carbocycles. The van der Waals surface area contributed by atoms with Gasteiger partial charge in [0.05, 0.1) is 6.54 Å². The van der Waals surface area contributed by atoms with E-state index in [0.29, 0.717) is 18.4 Å². The van der Waals surface area contributed by atoms with Crippen molar-refractivity contribution in [3.63, 3.8) is 0 Å². The number of nitrogens with zero attached hydrogens (tertiary/aromatic N) is 1. The lowest BCUT2D eigenvalue weighted by atomic mass is 9.82. The van der Waals surface area contributed by atoms with Crippen LogP contribution in [0.5, 0.6) is 0 Å². The minimum absolute atomic E-state index is 0.0748. The lowest BCUT2D eigenvalue weighted by Crippen LogP contribution is -2.48. The van der Waals surface area contributed by atoms with Crippen molar-refractivity contribution in [1.82, 2.24) is 10.2 Å². The summed E-state index contributed by atoms with van der Waals surface area (Å²) in [4.78, 5) is 37.2. The number of urea groups is 1. The molecule has 6 nitrogen and oxygen atoms in total. The number of carbonyl (C=O) groups is 3. The van der Waals surface area contributed by atoms with Crippen molar-refractivity contribution in [2.45, 2.75) is 57.6 Å². The average Bonchev–Trinajstić information content (AvgIpc) is 2.64. The Balaban J connectivity index is 2.00. The first-order valence-electron chi connectivity index (χ1n) is 7.36. The van der Waals surface area contributed by atoms with E-state index in [1.54, 1.807) is 13.8 Å². The number of ether oxygens (including phenoxy) is 1. The van der Waals surface area contributed by atoms with Crippen LogP contribution in [-0.4, -0.2) is 41.0 Å². The summed E-state index contributed by atoms with van der Waals surface area (Å²) in [6, 6.07) is -0.389. The molecule has 1 heterocycles. The molecule has 1 saturated carbocycles. The van der Waals surface area contributed by atoms with E-state index in [9.17, 15) is 14.4 Å². The van der Waals surface area contributed by atoms with Crippen molar-refractivity contribution in [2.24, 2.45) is 0 Å². The molecule has 0 aromatic rings. The predicted molar refractivity (Wildman–Crippen MR) is 76.4 cm³/mol. The van der Waals surface area contributed by atoms with Crippen molar-refractivity contribution in [1.29, 1.82) is 0 Å². The highest BCUT2D eigenvalue weighted by molar-refractivity contribution is 6.07. The van der Waals surface area contributed by atoms with Gasteiger partial charge in [0.2, 0.25) is 0 Å². The molecule has 0 aromatic heterocycles. The van der Waals surface area contributed by atoms with Gasteiger partial charge in [-0.3, -0.25) is 9.69 Å². The summed E-state index contributed by atoms with van der Waals surface area (Å²) >= 11 is 0. The SMILES string of the molecule is C=C(C)C(=O)OC(C)CN1C(=O)NC2(CCCCC2)C1=O. The molecule has 0 radical (unpaired) electrons. The Kier molecular flexibility index (Phi) is 4.34. The monoisotopic (exact) mass is 294 g/mol. The minimum Gasteiger partial charge on any atom is -0.457 e. The second kappa shape index (κ2) is 5.87. The summed E-state index contributed by atoms with van der Waals surface area (Å²) in [6.07, 6.45) is 3.81. The first kappa shape index (κ1) is 15.5. The summed E-state index contributed by atoms with van der Waals surface area (Å²) in [5.41, 5.74) is -0.434. The first-order chi connectivity index (χ1) is 9.85. The number of nitrogens with one attached hydrogen (secondary N) is 1. The molecule has 2 fully saturated rings. The first-order valence-corrected chi connectivity index (χ1v) is 7.36. The van der Waals surface area contributed by atoms with Crippen LogP contribution >= 0.6 is 0 Å². The molecule has 1 spiro atoms. The van der Waals surface area contributed by atoms with E-state index in [2.05, 4.69) is 11.9 Å². The number of imide groups is 1. The van der Waals surface area contributed by atoms with Gasteiger partial charge in [0.15, 0.2) is 0 Å². The van der Waals surface area contributed by atoms with Gasteiger partial charge in [0.1, 0.15) is 11.6 Å². The third kappa shape index (κ3) is 3.09. The van der Waals surface area contributed by atoms with Crippen LogP contribution in [0.3, 0.4) is 0 Å². The molecule has 1 saturated heterocycles. The van der Waals surface area contributed by atoms with E-state index >= 15 is 0 Å². The summed E-state index contributed by atoms with van der Waals surface area (Å²) in [5.74, 6) is -0.702. The van der Waals surface area contributed by atoms with Crippen LogP contribution < -0.4 is 5.32 Å². The third-order valence-corrected chi connectivity index (χ3v) is 4.05. The Morgan fingerprint density at radius 3 is 2.57 bits per heavy atom. The highest BCUT2D eigenvalue weighted by atomic mass is 16.5. The number of hydrogen-bond donors (Lipinski definition) is 1. The fraction of sp³-hybridized carbons (Fsp3) is 0.667. The normalized spacial score (nSPS) is 22.1. The zero-order chi connectivity index (χ0) is 15.6. The molecule has 0 bridgehead atoms. The van der Waals surface area contributed by atoms with Crippen LogP contribution in [0.25, 0.3) is 0 Å². The maximum Gasteiger partial charge on any atom is 0.333 e. The van der Waals surface area contributed by atoms with Gasteiger partial charge in [0, 0.05) is 5.57 Å². The van der Waals surface area contributed by atoms with Gasteiger partial charge in [-0.05, 0) is 26.7 Å². The number of esters is 1. The largest absolute Gasteiger partial charge is 0.457 e. The average molecular weight is 294 g/mol. The Bertz CT molecular complexity index is 480. The molecule has 3 amide bonds. The smallest absolute Gasteiger partial charge is 0.333 e. The fourth-order valence-corrected chi connectivity index (χ4v) is 2.91. The van der Waals surface area contributed by atoms with E-state index in [-0.39, 0.29) is 18.5 Å². The summed E-state index contributed by atoms with van der Waals surface area (Å²) in [5, 5.41) is 2.83. The quantitative estimate of drug-likeness (QED) is 0.487. The van der Waals surface area contributed by atoms with E-state index in [0.717, 1.165) is 19.3 Å². The predicted octanol–water partition coefficient (Wildman–Crippen LogP) is 1.75. The highest BCUT2D eigenvalue weighted by Crippen LogP contribution is 2.33. The zero-order valence-electron chi connectivity index (χ0n) is 12.6. The van der Waals surface area contributed by atoms with Crippen LogP contribution in [-0.2, 0) is 14.3 Å². The fourth-order valence-electron chi connectivity index (χ4n) is 2.91. The van der Waals surface area contributed by atoms with Crippen molar-refractivity contribution in [3.05, 3.63) is 12.2 Å². The molecule has 0 aromatic carbocycles. The van der Waals surface area contributed by atoms with Crippen molar-refractivity contribution >= 4 is 17.9 Å². The molecular weight excluding hydrogens is 272 g/mol. The van der Waals surface area contributed by atoms with Gasteiger partial charge in [-0.1, -0.05) is 25.8 Å². The molecule has 2 aliphatic rings. The van der Waals surface area contributed by atoms with Crippen LogP contribution in [0.1, 0.15) is 46.0 Å². The van der Waals surface area contributed by atoms with Gasteiger partial charge in [-0.15, -0.1) is 0 Å². The number of hydrogen-bond acceptors (Lipinski definition) is 4. The molecule has 116 valence electrons. The topological polar surface area (TPSA) is 75.7 Å². The van der Waals surface area contributed by atoms with Gasteiger partial charge in [0.25, 0.3) is 5.91 Å². The Morgan fingerprint density at radius 2 is 2.00 bits per heavy atom. The van der Waals surface area contributed by atoms with Gasteiger partial charge in [-0.2, -0.15) is 0 Å². The standard InChI is InChI=1S/C15H22N2O4/c1-10(2)12(18)21-11(3)9-17-13(19)15(16-14(17)20)7-5-4-6-8-15/h11H,1,4-9H2,2-3H3,(H,16,20). The molecule has 1 N–H and O–H groups in total. The molecule has 1 atom stereocenters. The van der Waals surface area contributed by atoms with Crippen LogP contribution in [0.15, 0.2) is 12.2 Å². The van der Waals surface area contributed by atoms with Crippen molar-refractivity contribution in [2.75, 3.05) is 6.54 Å². The third-order valence-electron chi connectivity index (χ3n) is 4.05. The zero-order valence-corrected chi connectivity index (χ0v) is 12.6. The molecular formula is C15H22N2O4. The van der Waals surface area contributed by atoms with Crippen molar-refractivity contribution < 1.29 is 19.1 Å². The molecule has 1 aliphatic heterocycles. The van der Waals surface area contributed by atoms with E-state index in [4.69, 9.17) is 4.74 Å². The molecule has 21 heavy (non-hydrogen) atoms. The maximum atomic E-state index is 12.5. The second-order valence-electron chi connectivity index (χ2n) is 5.98. The number of carbonyl (C=O) groups excluding carboxylic acids is 3. The molecule has 1 unspecified atom stereocenters. The summed E-state index contributed by atoms with van der Waals surface area (Å²) in [6.45, 7) is 6.79. The summed E-state index contributed by atoms with van der Waals surface area (Å²) in [7, 11) is 0. The van der Waals surface area contributed by atoms with E-state index in [1.165, 1.54) is 4.90 Å². The minimum atomic E-state index is -0.729. The van der Waals surface area contributed by atoms with E-state index < -0.39 is 17.6 Å². The van der Waals surface area contributed by atoms with Gasteiger partial charge in [-0.25, -0.2) is 9.59 Å². The Labute approximate surface area is 124 Å². The van der Waals surface area contributed by atoms with Gasteiger partial charge < -0.3 is 10.1 Å².